The third-order valence-electron chi connectivity index (χ3n) is 7.55. The number of carboxylic acids is 1. The monoisotopic (exact) mass is 623 g/mol. The lowest BCUT2D eigenvalue weighted by atomic mass is 10.0. The van der Waals surface area contributed by atoms with Gasteiger partial charge in [0.15, 0.2) is 0 Å². The average Bonchev–Trinajstić information content (AvgIpc) is 3.00. The van der Waals surface area contributed by atoms with E-state index >= 15 is 0 Å². The predicted octanol–water partition coefficient (Wildman–Crippen LogP) is 5.20. The van der Waals surface area contributed by atoms with E-state index in [1.165, 1.54) is 0 Å². The Labute approximate surface area is 261 Å². The minimum Gasteiger partial charge on any atom is -0.480 e. The van der Waals surface area contributed by atoms with Gasteiger partial charge in [-0.25, -0.2) is 8.42 Å². The molecule has 1 atom stereocenters. The fourth-order valence-electron chi connectivity index (χ4n) is 5.47. The number of carboxylic acid groups (broad SMARTS) is 1. The zero-order valence-electron chi connectivity index (χ0n) is 25.0. The summed E-state index contributed by atoms with van der Waals surface area (Å²) in [6, 6.07) is 26.2. The summed E-state index contributed by atoms with van der Waals surface area (Å²) in [7, 11) is -4.09. The molecule has 0 amide bonds. The zero-order valence-corrected chi connectivity index (χ0v) is 25.9. The van der Waals surface area contributed by atoms with Crippen molar-refractivity contribution >= 4 is 33.1 Å². The van der Waals surface area contributed by atoms with Crippen LogP contribution in [0.1, 0.15) is 27.8 Å². The van der Waals surface area contributed by atoms with Crippen LogP contribution < -0.4 is 26.2 Å². The van der Waals surface area contributed by atoms with Gasteiger partial charge in [-0.1, -0.05) is 84.4 Å². The molecular weight excluding hydrogens is 590 g/mol. The van der Waals surface area contributed by atoms with Crippen molar-refractivity contribution < 1.29 is 18.3 Å². The number of hydrogen-bond acceptors (Lipinski definition) is 7. The van der Waals surface area contributed by atoms with Crippen molar-refractivity contribution in [2.75, 3.05) is 10.6 Å². The SMILES string of the molecule is Cc1cc(C)c(S(=O)(=O)N[C@@H](Cc2ccc(-c3cccc(Nc4c(NCc5ccccc5)c(=O)c4=O)c3)cc2)C(=O)O)c(C)c1. The lowest BCUT2D eigenvalue weighted by Gasteiger charge is -2.18. The van der Waals surface area contributed by atoms with E-state index in [0.717, 1.165) is 22.3 Å². The van der Waals surface area contributed by atoms with Crippen LogP contribution in [0.25, 0.3) is 11.1 Å². The molecule has 0 radical (unpaired) electrons. The molecule has 9 nitrogen and oxygen atoms in total. The molecule has 0 unspecified atom stereocenters. The van der Waals surface area contributed by atoms with E-state index in [4.69, 9.17) is 0 Å². The third kappa shape index (κ3) is 7.03. The van der Waals surface area contributed by atoms with Crippen LogP contribution in [0.4, 0.5) is 17.1 Å². The first-order chi connectivity index (χ1) is 21.4. The number of hydrogen-bond donors (Lipinski definition) is 4. The summed E-state index contributed by atoms with van der Waals surface area (Å²) < 4.78 is 28.8. The van der Waals surface area contributed by atoms with Gasteiger partial charge in [0.05, 0.1) is 4.90 Å². The Morgan fingerprint density at radius 1 is 0.756 bits per heavy atom. The second-order valence-electron chi connectivity index (χ2n) is 11.1. The summed E-state index contributed by atoms with van der Waals surface area (Å²) in [6.45, 7) is 5.66. The fourth-order valence-corrected chi connectivity index (χ4v) is 7.11. The molecule has 0 aliphatic rings. The normalized spacial score (nSPS) is 12.2. The molecule has 45 heavy (non-hydrogen) atoms. The summed E-state index contributed by atoms with van der Waals surface area (Å²) in [6.07, 6.45) is -0.0521. The molecule has 10 heteroatoms. The highest BCUT2D eigenvalue weighted by Gasteiger charge is 2.28. The maximum absolute atomic E-state index is 13.2. The molecule has 0 heterocycles. The molecule has 4 N–H and O–H groups in total. The van der Waals surface area contributed by atoms with Crippen LogP contribution in [0.5, 0.6) is 0 Å². The minimum atomic E-state index is -4.09. The molecule has 5 rings (SSSR count). The summed E-state index contributed by atoms with van der Waals surface area (Å²) in [4.78, 5) is 36.7. The van der Waals surface area contributed by atoms with Gasteiger partial charge in [0.1, 0.15) is 17.4 Å². The second kappa shape index (κ2) is 12.9. The third-order valence-corrected chi connectivity index (χ3v) is 9.33. The number of anilines is 3. The molecule has 5 aromatic rings. The van der Waals surface area contributed by atoms with Gasteiger partial charge in [-0.2, -0.15) is 4.72 Å². The van der Waals surface area contributed by atoms with Crippen LogP contribution in [0.2, 0.25) is 0 Å². The van der Waals surface area contributed by atoms with Crippen molar-refractivity contribution in [3.8, 4) is 11.1 Å². The molecule has 0 bridgehead atoms. The number of carbonyl (C=O) groups is 1. The number of aryl methyl sites for hydroxylation is 3. The molecule has 5 aromatic carbocycles. The lowest BCUT2D eigenvalue weighted by molar-refractivity contribution is -0.138. The smallest absolute Gasteiger partial charge is 0.322 e. The summed E-state index contributed by atoms with van der Waals surface area (Å²) in [5.41, 5.74) is 5.21. The van der Waals surface area contributed by atoms with Gasteiger partial charge < -0.3 is 15.7 Å². The zero-order chi connectivity index (χ0) is 32.3. The average molecular weight is 624 g/mol. The van der Waals surface area contributed by atoms with Crippen molar-refractivity contribution in [2.45, 2.75) is 44.7 Å². The first-order valence-corrected chi connectivity index (χ1v) is 15.8. The number of nitrogens with one attached hydrogen (secondary N) is 3. The topological polar surface area (TPSA) is 142 Å². The van der Waals surface area contributed by atoms with Crippen molar-refractivity contribution in [2.24, 2.45) is 0 Å². The Bertz CT molecular complexity index is 2030. The summed E-state index contributed by atoms with van der Waals surface area (Å²) in [5.74, 6) is -1.28. The Morgan fingerprint density at radius 2 is 1.40 bits per heavy atom. The number of sulfonamides is 1. The standard InChI is InChI=1S/C35H33N3O6S/c1-21-16-22(2)34(23(3)17-21)45(43,44)38-29(35(41)42)18-24-12-14-26(15-13-24)27-10-7-11-28(19-27)37-31-30(32(39)33(31)40)36-20-25-8-5-4-6-9-25/h4-17,19,29,36-38H,18,20H2,1-3H3,(H,41,42)/t29-/m0/s1. The Morgan fingerprint density at radius 3 is 2.04 bits per heavy atom. The highest BCUT2D eigenvalue weighted by molar-refractivity contribution is 7.89. The molecule has 0 saturated heterocycles. The van der Waals surface area contributed by atoms with Crippen LogP contribution in [0.3, 0.4) is 0 Å². The number of aliphatic carboxylic acids is 1. The first kappa shape index (κ1) is 31.4. The van der Waals surface area contributed by atoms with Crippen LogP contribution in [0, 0.1) is 20.8 Å². The van der Waals surface area contributed by atoms with Crippen molar-refractivity contribution in [1.29, 1.82) is 0 Å². The number of benzene rings is 4. The van der Waals surface area contributed by atoms with E-state index in [1.54, 1.807) is 44.2 Å². The van der Waals surface area contributed by atoms with Gasteiger partial charge in [0.25, 0.3) is 10.9 Å². The van der Waals surface area contributed by atoms with Gasteiger partial charge in [0, 0.05) is 12.2 Å². The summed E-state index contributed by atoms with van der Waals surface area (Å²) in [5, 5.41) is 16.0. The van der Waals surface area contributed by atoms with Gasteiger partial charge in [0.2, 0.25) is 10.0 Å². The highest BCUT2D eigenvalue weighted by atomic mass is 32.2. The molecule has 0 aliphatic carbocycles. The molecule has 0 fully saturated rings. The van der Waals surface area contributed by atoms with Crippen molar-refractivity contribution in [1.82, 2.24) is 4.72 Å². The van der Waals surface area contributed by atoms with Crippen molar-refractivity contribution in [3.05, 3.63) is 139 Å². The van der Waals surface area contributed by atoms with Crippen LogP contribution in [-0.2, 0) is 27.8 Å². The predicted molar refractivity (Wildman–Crippen MR) is 176 cm³/mol. The van der Waals surface area contributed by atoms with E-state index in [0.29, 0.717) is 28.9 Å². The van der Waals surface area contributed by atoms with E-state index in [2.05, 4.69) is 15.4 Å². The van der Waals surface area contributed by atoms with Crippen LogP contribution in [0.15, 0.2) is 105 Å². The van der Waals surface area contributed by atoms with Crippen LogP contribution >= 0.6 is 0 Å². The molecule has 0 spiro atoms. The maximum Gasteiger partial charge on any atom is 0.322 e. The van der Waals surface area contributed by atoms with E-state index < -0.39 is 32.9 Å². The van der Waals surface area contributed by atoms with Crippen LogP contribution in [-0.4, -0.2) is 25.5 Å². The number of rotatable bonds is 12. The van der Waals surface area contributed by atoms with Gasteiger partial charge in [-0.3, -0.25) is 14.4 Å². The van der Waals surface area contributed by atoms with Gasteiger partial charge >= 0.3 is 5.97 Å². The van der Waals surface area contributed by atoms with Gasteiger partial charge in [-0.15, -0.1) is 0 Å². The van der Waals surface area contributed by atoms with Gasteiger partial charge in [-0.05, 0) is 72.7 Å². The molecule has 0 aromatic heterocycles. The maximum atomic E-state index is 13.2. The molecular formula is C35H33N3O6S. The van der Waals surface area contributed by atoms with E-state index in [9.17, 15) is 27.9 Å². The summed E-state index contributed by atoms with van der Waals surface area (Å²) >= 11 is 0. The lowest BCUT2D eigenvalue weighted by Crippen LogP contribution is -2.42. The van der Waals surface area contributed by atoms with E-state index in [1.807, 2.05) is 67.6 Å². The highest BCUT2D eigenvalue weighted by Crippen LogP contribution is 2.27. The van der Waals surface area contributed by atoms with Crippen molar-refractivity contribution in [3.63, 3.8) is 0 Å². The Kier molecular flexibility index (Phi) is 8.99. The first-order valence-electron chi connectivity index (χ1n) is 14.3. The molecule has 230 valence electrons. The van der Waals surface area contributed by atoms with E-state index in [-0.39, 0.29) is 22.7 Å². The quantitative estimate of drug-likeness (QED) is 0.139. The minimum absolute atomic E-state index is 0.0521. The largest absolute Gasteiger partial charge is 0.480 e. The molecule has 0 saturated carbocycles. The Hall–Kier alpha value is -5.06. The molecule has 0 aliphatic heterocycles. The Balaban J connectivity index is 1.29. The second-order valence-corrected chi connectivity index (χ2v) is 12.7. The fraction of sp³-hybridized carbons (Fsp3) is 0.171.